The first-order valence-corrected chi connectivity index (χ1v) is 11.5. The molecule has 0 aromatic heterocycles. The molecule has 0 radical (unpaired) electrons. The van der Waals surface area contributed by atoms with Gasteiger partial charge in [0.2, 0.25) is 5.91 Å². The molecule has 0 spiro atoms. The van der Waals surface area contributed by atoms with E-state index in [1.54, 1.807) is 69.1 Å². The van der Waals surface area contributed by atoms with Crippen LogP contribution < -0.4 is 4.90 Å². The minimum Gasteiger partial charge on any atom is -0.508 e. The molecule has 0 saturated carbocycles. The minimum atomic E-state index is -0.777. The Bertz CT molecular complexity index is 1040. The lowest BCUT2D eigenvalue weighted by Gasteiger charge is -2.39. The zero-order valence-corrected chi connectivity index (χ0v) is 20.5. The number of anilines is 1. The van der Waals surface area contributed by atoms with Crippen LogP contribution >= 0.6 is 0 Å². The molecule has 1 unspecified atom stereocenters. The molecule has 1 aliphatic rings. The number of hydrogen-bond donors (Lipinski definition) is 1. The van der Waals surface area contributed by atoms with Gasteiger partial charge in [-0.05, 0) is 50.6 Å². The first kappa shape index (κ1) is 25.8. The van der Waals surface area contributed by atoms with Gasteiger partial charge in [-0.25, -0.2) is 4.79 Å². The van der Waals surface area contributed by atoms with Crippen LogP contribution in [-0.4, -0.2) is 76.7 Å². The second kappa shape index (κ2) is 10.6. The summed E-state index contributed by atoms with van der Waals surface area (Å²) in [6.45, 7) is 7.33. The largest absolute Gasteiger partial charge is 0.508 e. The Morgan fingerprint density at radius 1 is 1.06 bits per heavy atom. The van der Waals surface area contributed by atoms with Gasteiger partial charge in [0.25, 0.3) is 5.69 Å². The predicted octanol–water partition coefficient (Wildman–Crippen LogP) is 3.43. The van der Waals surface area contributed by atoms with Gasteiger partial charge in [0.05, 0.1) is 4.92 Å². The Kier molecular flexibility index (Phi) is 7.83. The van der Waals surface area contributed by atoms with Crippen molar-refractivity contribution in [3.63, 3.8) is 0 Å². The summed E-state index contributed by atoms with van der Waals surface area (Å²) in [6, 6.07) is 12.1. The Hall–Kier alpha value is -3.82. The summed E-state index contributed by atoms with van der Waals surface area (Å²) in [4.78, 5) is 42.0. The molecule has 2 aromatic carbocycles. The van der Waals surface area contributed by atoms with Crippen molar-refractivity contribution < 1.29 is 24.4 Å². The van der Waals surface area contributed by atoms with Crippen LogP contribution in [0.1, 0.15) is 26.3 Å². The SMILES string of the molecule is CN(C(=O)OC(C)(C)C)C(Cc1ccc(O)cc1)C(=O)N1CCN(c2ccc([N+](=O)[O-])cc2)CC1. The van der Waals surface area contributed by atoms with E-state index in [0.29, 0.717) is 26.2 Å². The minimum absolute atomic E-state index is 0.0322. The van der Waals surface area contributed by atoms with Crippen LogP contribution in [0.5, 0.6) is 5.75 Å². The van der Waals surface area contributed by atoms with Crippen molar-refractivity contribution in [1.29, 1.82) is 0 Å². The Labute approximate surface area is 204 Å². The number of carbonyl (C=O) groups is 2. The maximum atomic E-state index is 13.6. The number of ether oxygens (including phenoxy) is 1. The number of rotatable bonds is 6. The highest BCUT2D eigenvalue weighted by atomic mass is 16.6. The van der Waals surface area contributed by atoms with Crippen LogP contribution in [-0.2, 0) is 16.0 Å². The van der Waals surface area contributed by atoms with E-state index in [2.05, 4.69) is 4.90 Å². The second-order valence-corrected chi connectivity index (χ2v) is 9.56. The molecule has 1 fully saturated rings. The number of benzene rings is 2. The van der Waals surface area contributed by atoms with Crippen molar-refractivity contribution in [2.24, 2.45) is 0 Å². The third-order valence-corrected chi connectivity index (χ3v) is 5.82. The molecule has 1 aliphatic heterocycles. The number of nitrogens with zero attached hydrogens (tertiary/aromatic N) is 4. The van der Waals surface area contributed by atoms with Gasteiger partial charge < -0.3 is 19.6 Å². The second-order valence-electron chi connectivity index (χ2n) is 9.56. The maximum absolute atomic E-state index is 13.6. The van der Waals surface area contributed by atoms with Crippen molar-refractivity contribution in [3.8, 4) is 5.75 Å². The molecule has 2 aromatic rings. The number of amides is 2. The zero-order valence-electron chi connectivity index (χ0n) is 20.5. The number of piperazine rings is 1. The van der Waals surface area contributed by atoms with Gasteiger partial charge in [-0.2, -0.15) is 0 Å². The van der Waals surface area contributed by atoms with E-state index in [0.717, 1.165) is 11.3 Å². The summed E-state index contributed by atoms with van der Waals surface area (Å²) in [5, 5.41) is 20.5. The average molecular weight is 485 g/mol. The van der Waals surface area contributed by atoms with Crippen molar-refractivity contribution >= 4 is 23.4 Å². The smallest absolute Gasteiger partial charge is 0.410 e. The van der Waals surface area contributed by atoms with E-state index in [9.17, 15) is 24.8 Å². The van der Waals surface area contributed by atoms with Crippen LogP contribution in [0.4, 0.5) is 16.2 Å². The molecule has 2 amide bonds. The number of carbonyl (C=O) groups excluding carboxylic acids is 2. The number of nitro benzene ring substituents is 1. The molecule has 1 atom stereocenters. The van der Waals surface area contributed by atoms with Crippen LogP contribution in [0.2, 0.25) is 0 Å². The van der Waals surface area contributed by atoms with Gasteiger partial charge in [0.1, 0.15) is 17.4 Å². The van der Waals surface area contributed by atoms with Crippen LogP contribution in [0.15, 0.2) is 48.5 Å². The normalized spacial score (nSPS) is 14.9. The van der Waals surface area contributed by atoms with Crippen LogP contribution in [0.25, 0.3) is 0 Å². The number of nitro groups is 1. The molecule has 1 N–H and O–H groups in total. The average Bonchev–Trinajstić information content (AvgIpc) is 2.82. The van der Waals surface area contributed by atoms with E-state index >= 15 is 0 Å². The number of phenolic OH excluding ortho intramolecular Hbond substituents is 1. The summed E-state index contributed by atoms with van der Waals surface area (Å²) in [7, 11) is 1.56. The number of phenols is 1. The van der Waals surface area contributed by atoms with Crippen molar-refractivity contribution in [2.45, 2.75) is 38.8 Å². The quantitative estimate of drug-likeness (QED) is 0.493. The van der Waals surface area contributed by atoms with Crippen molar-refractivity contribution in [1.82, 2.24) is 9.80 Å². The molecular weight excluding hydrogens is 452 g/mol. The number of likely N-dealkylation sites (N-methyl/N-ethyl adjacent to an activating group) is 1. The fourth-order valence-electron chi connectivity index (χ4n) is 3.89. The number of non-ortho nitro benzene ring substituents is 1. The molecular formula is C25H32N4O6. The highest BCUT2D eigenvalue weighted by molar-refractivity contribution is 5.86. The van der Waals surface area contributed by atoms with Crippen LogP contribution in [0.3, 0.4) is 0 Å². The van der Waals surface area contributed by atoms with Crippen molar-refractivity contribution in [3.05, 3.63) is 64.2 Å². The van der Waals surface area contributed by atoms with Crippen molar-refractivity contribution in [2.75, 3.05) is 38.1 Å². The third kappa shape index (κ3) is 6.84. The first-order valence-electron chi connectivity index (χ1n) is 11.5. The first-order chi connectivity index (χ1) is 16.4. The predicted molar refractivity (Wildman–Crippen MR) is 131 cm³/mol. The molecule has 0 bridgehead atoms. The molecule has 1 saturated heterocycles. The van der Waals surface area contributed by atoms with E-state index in [1.807, 2.05) is 0 Å². The number of hydrogen-bond acceptors (Lipinski definition) is 7. The Morgan fingerprint density at radius 2 is 1.63 bits per heavy atom. The van der Waals surface area contributed by atoms with E-state index < -0.39 is 22.7 Å². The number of aromatic hydroxyl groups is 1. The van der Waals surface area contributed by atoms with E-state index in [-0.39, 0.29) is 23.8 Å². The van der Waals surface area contributed by atoms with E-state index in [4.69, 9.17) is 4.74 Å². The lowest BCUT2D eigenvalue weighted by molar-refractivity contribution is -0.384. The highest BCUT2D eigenvalue weighted by Crippen LogP contribution is 2.22. The monoisotopic (exact) mass is 484 g/mol. The van der Waals surface area contributed by atoms with Gasteiger partial charge in [-0.3, -0.25) is 19.8 Å². The lowest BCUT2D eigenvalue weighted by atomic mass is 10.0. The summed E-state index contributed by atoms with van der Waals surface area (Å²) in [5.41, 5.74) is 0.994. The van der Waals surface area contributed by atoms with Gasteiger partial charge in [0.15, 0.2) is 0 Å². The Morgan fingerprint density at radius 3 is 2.14 bits per heavy atom. The molecule has 0 aliphatic carbocycles. The van der Waals surface area contributed by atoms with Gasteiger partial charge in [-0.1, -0.05) is 12.1 Å². The van der Waals surface area contributed by atoms with E-state index in [1.165, 1.54) is 17.0 Å². The molecule has 188 valence electrons. The zero-order chi connectivity index (χ0) is 25.8. The molecule has 3 rings (SSSR count). The lowest BCUT2D eigenvalue weighted by Crippen LogP contribution is -2.56. The van der Waals surface area contributed by atoms with Gasteiger partial charge >= 0.3 is 6.09 Å². The summed E-state index contributed by atoms with van der Waals surface area (Å²) >= 11 is 0. The molecule has 10 nitrogen and oxygen atoms in total. The summed E-state index contributed by atoms with van der Waals surface area (Å²) in [6.07, 6.45) is -0.309. The van der Waals surface area contributed by atoms with Gasteiger partial charge in [0, 0.05) is 57.5 Å². The molecule has 35 heavy (non-hydrogen) atoms. The fraction of sp³-hybridized carbons (Fsp3) is 0.440. The standard InChI is InChI=1S/C25H32N4O6/c1-25(2,3)35-24(32)26(4)22(17-18-5-11-21(30)12-6-18)23(31)28-15-13-27(14-16-28)19-7-9-20(10-8-19)29(33)34/h5-12,22,30H,13-17H2,1-4H3. The van der Waals surface area contributed by atoms with Crippen LogP contribution in [0, 0.1) is 10.1 Å². The highest BCUT2D eigenvalue weighted by Gasteiger charge is 2.34. The topological polar surface area (TPSA) is 116 Å². The van der Waals surface area contributed by atoms with Gasteiger partial charge in [-0.15, -0.1) is 0 Å². The summed E-state index contributed by atoms with van der Waals surface area (Å²) in [5.74, 6) is -0.0609. The summed E-state index contributed by atoms with van der Waals surface area (Å²) < 4.78 is 5.50. The molecule has 10 heteroatoms. The Balaban J connectivity index is 1.72. The fourth-order valence-corrected chi connectivity index (χ4v) is 3.89. The maximum Gasteiger partial charge on any atom is 0.410 e. The third-order valence-electron chi connectivity index (χ3n) is 5.82. The molecule has 1 heterocycles.